The summed E-state index contributed by atoms with van der Waals surface area (Å²) in [4.78, 5) is 14.7. The number of nitrogens with zero attached hydrogens (tertiary/aromatic N) is 3. The first-order chi connectivity index (χ1) is 14.0. The molecule has 152 valence electrons. The largest absolute Gasteiger partial charge is 0.470 e. The summed E-state index contributed by atoms with van der Waals surface area (Å²) in [5.74, 6) is 0.161. The van der Waals surface area contributed by atoms with Crippen molar-refractivity contribution < 1.29 is 9.53 Å². The molecule has 1 aromatic heterocycles. The van der Waals surface area contributed by atoms with Crippen molar-refractivity contribution in [2.75, 3.05) is 23.3 Å². The van der Waals surface area contributed by atoms with Crippen molar-refractivity contribution in [1.82, 2.24) is 9.78 Å². The van der Waals surface area contributed by atoms with E-state index in [1.165, 1.54) is 4.68 Å². The van der Waals surface area contributed by atoms with Gasteiger partial charge < -0.3 is 15.0 Å². The standard InChI is InChI=1S/C21H22Cl2N4O2/c1-3-26(4-2)16-10-8-15(9-11-16)24-21(28)18-12-13-27(25-18)14-29-19-7-5-6-17(22)20(19)23/h5-13H,3-4,14H2,1-2H3,(H,24,28). The SMILES string of the molecule is CCN(CC)c1ccc(NC(=O)c2ccn(COc3cccc(Cl)c3Cl)n2)cc1. The highest BCUT2D eigenvalue weighted by atomic mass is 35.5. The summed E-state index contributed by atoms with van der Waals surface area (Å²) in [6.45, 7) is 6.19. The van der Waals surface area contributed by atoms with Gasteiger partial charge in [-0.3, -0.25) is 4.79 Å². The minimum atomic E-state index is -0.292. The molecule has 3 rings (SSSR count). The predicted molar refractivity (Wildman–Crippen MR) is 117 cm³/mol. The molecular formula is C21H22Cl2N4O2. The van der Waals surface area contributed by atoms with E-state index < -0.39 is 0 Å². The number of hydrogen-bond donors (Lipinski definition) is 1. The van der Waals surface area contributed by atoms with E-state index in [9.17, 15) is 4.79 Å². The van der Waals surface area contributed by atoms with Crippen molar-refractivity contribution in [3.8, 4) is 5.75 Å². The van der Waals surface area contributed by atoms with Crippen LogP contribution in [0.3, 0.4) is 0 Å². The van der Waals surface area contributed by atoms with Crippen molar-refractivity contribution >= 4 is 40.5 Å². The molecule has 1 heterocycles. The summed E-state index contributed by atoms with van der Waals surface area (Å²) < 4.78 is 7.13. The molecule has 0 atom stereocenters. The van der Waals surface area contributed by atoms with Gasteiger partial charge in [0.2, 0.25) is 0 Å². The van der Waals surface area contributed by atoms with Crippen LogP contribution in [-0.4, -0.2) is 28.8 Å². The Morgan fingerprint density at radius 2 is 1.83 bits per heavy atom. The van der Waals surface area contributed by atoms with Crippen LogP contribution in [0.15, 0.2) is 54.7 Å². The second-order valence-electron chi connectivity index (χ2n) is 6.24. The number of halogens is 2. The van der Waals surface area contributed by atoms with Gasteiger partial charge in [-0.15, -0.1) is 0 Å². The van der Waals surface area contributed by atoms with Crippen LogP contribution in [0.1, 0.15) is 24.3 Å². The maximum absolute atomic E-state index is 12.5. The molecule has 0 bridgehead atoms. The monoisotopic (exact) mass is 432 g/mol. The van der Waals surface area contributed by atoms with Crippen LogP contribution in [0, 0.1) is 0 Å². The average Bonchev–Trinajstić information content (AvgIpc) is 3.20. The lowest BCUT2D eigenvalue weighted by Crippen LogP contribution is -2.21. The van der Waals surface area contributed by atoms with E-state index in [0.717, 1.165) is 18.8 Å². The molecule has 0 aliphatic carbocycles. The Bertz CT molecular complexity index is 969. The highest BCUT2D eigenvalue weighted by Crippen LogP contribution is 2.31. The second-order valence-corrected chi connectivity index (χ2v) is 7.02. The zero-order valence-electron chi connectivity index (χ0n) is 16.2. The molecule has 0 radical (unpaired) electrons. The zero-order valence-corrected chi connectivity index (χ0v) is 17.7. The maximum Gasteiger partial charge on any atom is 0.276 e. The van der Waals surface area contributed by atoms with E-state index in [1.807, 2.05) is 24.3 Å². The Hall–Kier alpha value is -2.70. The molecule has 8 heteroatoms. The van der Waals surface area contributed by atoms with Gasteiger partial charge in [0.05, 0.1) is 5.02 Å². The molecule has 0 spiro atoms. The van der Waals surface area contributed by atoms with Crippen LogP contribution < -0.4 is 15.0 Å². The third-order valence-electron chi connectivity index (χ3n) is 4.40. The Labute approximate surface area is 180 Å². The number of benzene rings is 2. The molecule has 0 unspecified atom stereocenters. The number of nitrogens with one attached hydrogen (secondary N) is 1. The third-order valence-corrected chi connectivity index (χ3v) is 5.20. The van der Waals surface area contributed by atoms with Gasteiger partial charge in [-0.1, -0.05) is 29.3 Å². The number of carbonyl (C=O) groups is 1. The molecule has 29 heavy (non-hydrogen) atoms. The van der Waals surface area contributed by atoms with Crippen molar-refractivity contribution in [3.05, 3.63) is 70.5 Å². The average molecular weight is 433 g/mol. The van der Waals surface area contributed by atoms with Gasteiger partial charge in [0.15, 0.2) is 12.4 Å². The number of carbonyl (C=O) groups excluding carboxylic acids is 1. The molecule has 2 aromatic carbocycles. The summed E-state index contributed by atoms with van der Waals surface area (Å²) >= 11 is 12.1. The number of aromatic nitrogens is 2. The normalized spacial score (nSPS) is 10.6. The summed E-state index contributed by atoms with van der Waals surface area (Å²) in [7, 11) is 0. The smallest absolute Gasteiger partial charge is 0.276 e. The molecule has 0 fully saturated rings. The minimum Gasteiger partial charge on any atom is -0.470 e. The molecular weight excluding hydrogens is 411 g/mol. The first-order valence-corrected chi connectivity index (χ1v) is 10.0. The lowest BCUT2D eigenvalue weighted by Gasteiger charge is -2.21. The molecule has 0 aliphatic heterocycles. The molecule has 1 amide bonds. The lowest BCUT2D eigenvalue weighted by atomic mass is 10.2. The Kier molecular flexibility index (Phi) is 7.01. The summed E-state index contributed by atoms with van der Waals surface area (Å²) in [5, 5.41) is 7.85. The van der Waals surface area contributed by atoms with Crippen molar-refractivity contribution in [1.29, 1.82) is 0 Å². The topological polar surface area (TPSA) is 59.4 Å². The van der Waals surface area contributed by atoms with Gasteiger partial charge >= 0.3 is 0 Å². The van der Waals surface area contributed by atoms with Gasteiger partial charge in [-0.25, -0.2) is 4.68 Å². The van der Waals surface area contributed by atoms with Crippen molar-refractivity contribution in [2.24, 2.45) is 0 Å². The van der Waals surface area contributed by atoms with E-state index in [0.29, 0.717) is 27.2 Å². The van der Waals surface area contributed by atoms with E-state index in [4.69, 9.17) is 27.9 Å². The fourth-order valence-electron chi connectivity index (χ4n) is 2.83. The fraction of sp³-hybridized carbons (Fsp3) is 0.238. The third kappa shape index (κ3) is 5.22. The first kappa shape index (κ1) is 21.0. The van der Waals surface area contributed by atoms with Gasteiger partial charge in [0.1, 0.15) is 10.8 Å². The Morgan fingerprint density at radius 1 is 1.10 bits per heavy atom. The zero-order chi connectivity index (χ0) is 20.8. The van der Waals surface area contributed by atoms with Gasteiger partial charge in [0, 0.05) is 30.7 Å². The van der Waals surface area contributed by atoms with Crippen molar-refractivity contribution in [2.45, 2.75) is 20.6 Å². The quantitative estimate of drug-likeness (QED) is 0.522. The second kappa shape index (κ2) is 9.67. The van der Waals surface area contributed by atoms with E-state index in [-0.39, 0.29) is 12.6 Å². The number of amides is 1. The van der Waals surface area contributed by atoms with Crippen LogP contribution in [0.25, 0.3) is 0 Å². The summed E-state index contributed by atoms with van der Waals surface area (Å²) in [6, 6.07) is 14.5. The van der Waals surface area contributed by atoms with Crippen LogP contribution in [-0.2, 0) is 6.73 Å². The maximum atomic E-state index is 12.5. The van der Waals surface area contributed by atoms with Crippen LogP contribution >= 0.6 is 23.2 Å². The number of anilines is 2. The Morgan fingerprint density at radius 3 is 2.52 bits per heavy atom. The van der Waals surface area contributed by atoms with Crippen LogP contribution in [0.5, 0.6) is 5.75 Å². The highest BCUT2D eigenvalue weighted by Gasteiger charge is 2.11. The lowest BCUT2D eigenvalue weighted by molar-refractivity contribution is 0.102. The number of ether oxygens (including phenoxy) is 1. The molecule has 0 saturated carbocycles. The summed E-state index contributed by atoms with van der Waals surface area (Å²) in [6.07, 6.45) is 1.66. The number of hydrogen-bond acceptors (Lipinski definition) is 4. The molecule has 1 N–H and O–H groups in total. The first-order valence-electron chi connectivity index (χ1n) is 9.28. The van der Waals surface area contributed by atoms with Crippen LogP contribution in [0.2, 0.25) is 10.0 Å². The predicted octanol–water partition coefficient (Wildman–Crippen LogP) is 5.32. The van der Waals surface area contributed by atoms with E-state index >= 15 is 0 Å². The fourth-order valence-corrected chi connectivity index (χ4v) is 3.17. The Balaban J connectivity index is 1.60. The molecule has 6 nitrogen and oxygen atoms in total. The summed E-state index contributed by atoms with van der Waals surface area (Å²) in [5.41, 5.74) is 2.12. The van der Waals surface area contributed by atoms with Gasteiger partial charge in [-0.05, 0) is 56.3 Å². The highest BCUT2D eigenvalue weighted by molar-refractivity contribution is 6.42. The van der Waals surface area contributed by atoms with Crippen molar-refractivity contribution in [3.63, 3.8) is 0 Å². The molecule has 0 aliphatic rings. The van der Waals surface area contributed by atoms with Gasteiger partial charge in [-0.2, -0.15) is 5.10 Å². The molecule has 3 aromatic rings. The number of rotatable bonds is 8. The van der Waals surface area contributed by atoms with Gasteiger partial charge in [0.25, 0.3) is 5.91 Å². The minimum absolute atomic E-state index is 0.103. The van der Waals surface area contributed by atoms with E-state index in [2.05, 4.69) is 29.2 Å². The van der Waals surface area contributed by atoms with E-state index in [1.54, 1.807) is 30.5 Å². The molecule has 0 saturated heterocycles. The van der Waals surface area contributed by atoms with Crippen LogP contribution in [0.4, 0.5) is 11.4 Å².